The van der Waals surface area contributed by atoms with Gasteiger partial charge < -0.3 is 10.2 Å². The van der Waals surface area contributed by atoms with Gasteiger partial charge in [0.1, 0.15) is 0 Å². The van der Waals surface area contributed by atoms with Gasteiger partial charge >= 0.3 is 0 Å². The Hall–Kier alpha value is -3.12. The van der Waals surface area contributed by atoms with Crippen LogP contribution in [0.3, 0.4) is 0 Å². The summed E-state index contributed by atoms with van der Waals surface area (Å²) in [6.07, 6.45) is 2.34. The number of fused-ring (bicyclic) bond motifs is 3. The van der Waals surface area contributed by atoms with Crippen LogP contribution in [0.4, 0.5) is 5.69 Å². The van der Waals surface area contributed by atoms with Crippen molar-refractivity contribution in [3.8, 4) is 11.3 Å². The number of rotatable bonds is 6. The van der Waals surface area contributed by atoms with Crippen LogP contribution >= 0.6 is 0 Å². The fourth-order valence-electron chi connectivity index (χ4n) is 5.60. The van der Waals surface area contributed by atoms with Crippen molar-refractivity contribution in [3.05, 3.63) is 71.4 Å². The molecule has 6 heteroatoms. The van der Waals surface area contributed by atoms with Crippen LogP contribution in [0.25, 0.3) is 11.3 Å². The van der Waals surface area contributed by atoms with Gasteiger partial charge in [-0.3, -0.25) is 14.4 Å². The number of benzene rings is 2. The zero-order valence-corrected chi connectivity index (χ0v) is 20.7. The number of aryl methyl sites for hydroxylation is 2. The number of hydrogen-bond acceptors (Lipinski definition) is 4. The number of piperidine rings is 3. The largest absolute Gasteiger partial charge is 0.378 e. The second kappa shape index (κ2) is 9.26. The van der Waals surface area contributed by atoms with Crippen molar-refractivity contribution in [2.75, 3.05) is 38.6 Å². The third kappa shape index (κ3) is 4.47. The van der Waals surface area contributed by atoms with Crippen molar-refractivity contribution in [2.45, 2.75) is 31.7 Å². The number of anilines is 1. The molecule has 1 aromatic heterocycles. The van der Waals surface area contributed by atoms with E-state index in [1.54, 1.807) is 0 Å². The summed E-state index contributed by atoms with van der Waals surface area (Å²) in [5.74, 6) is 1.14. The van der Waals surface area contributed by atoms with Gasteiger partial charge in [0.05, 0.1) is 5.69 Å². The Bertz CT molecular complexity index is 1150. The van der Waals surface area contributed by atoms with Crippen LogP contribution in [0.5, 0.6) is 0 Å². The maximum absolute atomic E-state index is 12.6. The third-order valence-corrected chi connectivity index (χ3v) is 7.67. The van der Waals surface area contributed by atoms with Crippen LogP contribution in [0.1, 0.15) is 40.4 Å². The molecule has 0 radical (unpaired) electrons. The highest BCUT2D eigenvalue weighted by Crippen LogP contribution is 2.42. The zero-order chi connectivity index (χ0) is 23.8. The number of nitrogens with one attached hydrogen (secondary N) is 1. The van der Waals surface area contributed by atoms with E-state index in [-0.39, 0.29) is 5.91 Å². The van der Waals surface area contributed by atoms with Gasteiger partial charge in [-0.2, -0.15) is 5.10 Å². The minimum Gasteiger partial charge on any atom is -0.378 e. The number of aromatic nitrogens is 2. The van der Waals surface area contributed by atoms with Crippen LogP contribution < -0.4 is 10.2 Å². The van der Waals surface area contributed by atoms with E-state index in [1.165, 1.54) is 23.4 Å². The Kier molecular flexibility index (Phi) is 6.17. The zero-order valence-electron chi connectivity index (χ0n) is 20.7. The Morgan fingerprint density at radius 3 is 2.50 bits per heavy atom. The predicted octanol–water partition coefficient (Wildman–Crippen LogP) is 4.07. The normalized spacial score (nSPS) is 23.6. The summed E-state index contributed by atoms with van der Waals surface area (Å²) < 4.78 is 2.08. The van der Waals surface area contributed by atoms with Gasteiger partial charge in [0.15, 0.2) is 0 Å². The predicted molar refractivity (Wildman–Crippen MR) is 137 cm³/mol. The van der Waals surface area contributed by atoms with Crippen molar-refractivity contribution in [1.82, 2.24) is 20.0 Å². The van der Waals surface area contributed by atoms with Crippen molar-refractivity contribution < 1.29 is 4.79 Å². The molecule has 4 unspecified atom stereocenters. The molecule has 3 aliphatic rings. The van der Waals surface area contributed by atoms with Gasteiger partial charge in [-0.15, -0.1) is 0 Å². The first-order valence-corrected chi connectivity index (χ1v) is 12.3. The highest BCUT2D eigenvalue weighted by molar-refractivity contribution is 5.94. The fourth-order valence-corrected chi connectivity index (χ4v) is 5.60. The molecular weight excluding hydrogens is 422 g/mol. The van der Waals surface area contributed by atoms with Crippen LogP contribution in [0, 0.1) is 12.8 Å². The van der Waals surface area contributed by atoms with Crippen molar-refractivity contribution in [2.24, 2.45) is 13.0 Å². The lowest BCUT2D eigenvalue weighted by Crippen LogP contribution is -2.56. The van der Waals surface area contributed by atoms with Gasteiger partial charge in [-0.25, -0.2) is 0 Å². The Morgan fingerprint density at radius 1 is 1.12 bits per heavy atom. The van der Waals surface area contributed by atoms with Crippen LogP contribution in [0.15, 0.2) is 54.6 Å². The number of nitrogens with zero attached hydrogens (tertiary/aromatic N) is 4. The fraction of sp³-hybridized carbons (Fsp3) is 0.429. The third-order valence-electron chi connectivity index (χ3n) is 7.67. The van der Waals surface area contributed by atoms with E-state index in [1.807, 2.05) is 31.2 Å². The average molecular weight is 458 g/mol. The molecule has 0 saturated carbocycles. The standard InChI is InChI=1S/C28H35N5O/c1-19-5-7-21(8-6-19)28(34)29-17-24-15-22-13-14-33(24)18-25(22)27-16-26(30-32(27)4)20-9-11-23(12-10-20)31(2)3/h5-12,16,22,24-25H,13-15,17-18H2,1-4H3,(H,29,34). The maximum atomic E-state index is 12.6. The summed E-state index contributed by atoms with van der Waals surface area (Å²) in [5, 5.41) is 8.04. The van der Waals surface area contributed by atoms with E-state index in [9.17, 15) is 4.79 Å². The average Bonchev–Trinajstić information content (AvgIpc) is 3.24. The lowest BCUT2D eigenvalue weighted by molar-refractivity contribution is 0.0280. The number of hydrogen-bond donors (Lipinski definition) is 1. The lowest BCUT2D eigenvalue weighted by atomic mass is 9.74. The Morgan fingerprint density at radius 2 is 1.85 bits per heavy atom. The van der Waals surface area contributed by atoms with Gasteiger partial charge in [0, 0.05) is 68.7 Å². The highest BCUT2D eigenvalue weighted by atomic mass is 16.1. The molecular formula is C28H35N5O. The summed E-state index contributed by atoms with van der Waals surface area (Å²) in [6.45, 7) is 4.90. The molecule has 2 bridgehead atoms. The van der Waals surface area contributed by atoms with Gasteiger partial charge in [0.2, 0.25) is 0 Å². The molecule has 1 amide bonds. The maximum Gasteiger partial charge on any atom is 0.251 e. The quantitative estimate of drug-likeness (QED) is 0.606. The topological polar surface area (TPSA) is 53.4 Å². The lowest BCUT2D eigenvalue weighted by Gasteiger charge is -2.50. The summed E-state index contributed by atoms with van der Waals surface area (Å²) >= 11 is 0. The van der Waals surface area contributed by atoms with Gasteiger partial charge in [-0.1, -0.05) is 29.8 Å². The van der Waals surface area contributed by atoms with E-state index in [2.05, 4.69) is 71.3 Å². The van der Waals surface area contributed by atoms with Crippen LogP contribution in [-0.4, -0.2) is 60.4 Å². The molecule has 4 heterocycles. The number of carbonyl (C=O) groups is 1. The SMILES string of the molecule is Cc1ccc(C(=O)NCC2CC3CCN2CC3c2cc(-c3ccc(N(C)C)cc3)nn2C)cc1. The first kappa shape index (κ1) is 22.7. The van der Waals surface area contributed by atoms with E-state index in [0.717, 1.165) is 36.3 Å². The molecule has 0 aliphatic carbocycles. The Balaban J connectivity index is 1.24. The second-order valence-electron chi connectivity index (χ2n) is 10.1. The van der Waals surface area contributed by atoms with Crippen LogP contribution in [-0.2, 0) is 7.05 Å². The molecule has 3 fully saturated rings. The number of carbonyl (C=O) groups excluding carboxylic acids is 1. The molecule has 4 atom stereocenters. The highest BCUT2D eigenvalue weighted by Gasteiger charge is 2.41. The summed E-state index contributed by atoms with van der Waals surface area (Å²) in [4.78, 5) is 17.3. The second-order valence-corrected chi connectivity index (χ2v) is 10.1. The first-order valence-electron chi connectivity index (χ1n) is 12.3. The Labute approximate surface area is 202 Å². The minimum absolute atomic E-state index is 0.0239. The molecule has 6 nitrogen and oxygen atoms in total. The molecule has 178 valence electrons. The molecule has 3 aliphatic heterocycles. The molecule has 3 aromatic rings. The van der Waals surface area contributed by atoms with Crippen LogP contribution in [0.2, 0.25) is 0 Å². The van der Waals surface area contributed by atoms with E-state index >= 15 is 0 Å². The van der Waals surface area contributed by atoms with E-state index < -0.39 is 0 Å². The monoisotopic (exact) mass is 457 g/mol. The first-order chi connectivity index (χ1) is 16.4. The summed E-state index contributed by atoms with van der Waals surface area (Å²) in [5.41, 5.74) is 6.62. The van der Waals surface area contributed by atoms with E-state index in [4.69, 9.17) is 5.10 Å². The van der Waals surface area contributed by atoms with Crippen molar-refractivity contribution in [1.29, 1.82) is 0 Å². The number of amides is 1. The molecule has 1 N–H and O–H groups in total. The summed E-state index contributed by atoms with van der Waals surface area (Å²) in [7, 11) is 6.19. The minimum atomic E-state index is 0.0239. The van der Waals surface area contributed by atoms with Crippen molar-refractivity contribution in [3.63, 3.8) is 0 Å². The molecule has 0 spiro atoms. The van der Waals surface area contributed by atoms with E-state index in [0.29, 0.717) is 24.4 Å². The van der Waals surface area contributed by atoms with Crippen molar-refractivity contribution >= 4 is 11.6 Å². The van der Waals surface area contributed by atoms with Gasteiger partial charge in [0.25, 0.3) is 5.91 Å². The van der Waals surface area contributed by atoms with Gasteiger partial charge in [-0.05, 0) is 62.6 Å². The molecule has 34 heavy (non-hydrogen) atoms. The molecule has 2 aromatic carbocycles. The smallest absolute Gasteiger partial charge is 0.251 e. The summed E-state index contributed by atoms with van der Waals surface area (Å²) in [6, 6.07) is 19.1. The molecule has 6 rings (SSSR count). The molecule has 3 saturated heterocycles.